The summed E-state index contributed by atoms with van der Waals surface area (Å²) >= 11 is 0. The second-order valence-electron chi connectivity index (χ2n) is 4.70. The van der Waals surface area contributed by atoms with Gasteiger partial charge in [-0.25, -0.2) is 5.84 Å². The molecule has 4 N–H and O–H groups in total. The summed E-state index contributed by atoms with van der Waals surface area (Å²) in [5.41, 5.74) is 10.2. The summed E-state index contributed by atoms with van der Waals surface area (Å²) in [5.74, 6) is 6.06. The number of hydrazine groups is 1. The maximum absolute atomic E-state index is 6.06. The fraction of sp³-hybridized carbons (Fsp3) is 0.111. The Morgan fingerprint density at radius 2 is 1.86 bits per heavy atom. The van der Waals surface area contributed by atoms with E-state index in [9.17, 15) is 0 Å². The molecule has 0 spiro atoms. The second kappa shape index (κ2) is 7.92. The Balaban J connectivity index is 3.68. The van der Waals surface area contributed by atoms with Gasteiger partial charge in [-0.3, -0.25) is 0 Å². The summed E-state index contributed by atoms with van der Waals surface area (Å²) in [5, 5.41) is 1.60. The number of benzene rings is 1. The zero-order valence-electron chi connectivity index (χ0n) is 12.7. The molecule has 0 unspecified atom stereocenters. The molecule has 1 aromatic carbocycles. The number of nitrogens with zero attached hydrogens (tertiary/aromatic N) is 1. The zero-order chi connectivity index (χ0) is 15.8. The smallest absolute Gasteiger partial charge is 0.0667 e. The SMILES string of the molecule is C=C/C=C(\C=C/N)C(/C(=C)C)=C(\c1ccccc1)N(C)N. The number of allylic oxidation sites excluding steroid dienone is 6. The van der Waals surface area contributed by atoms with Gasteiger partial charge in [-0.05, 0) is 35.9 Å². The van der Waals surface area contributed by atoms with Crippen LogP contribution in [0.4, 0.5) is 0 Å². The molecule has 0 aromatic heterocycles. The first-order chi connectivity index (χ1) is 10.0. The predicted molar refractivity (Wildman–Crippen MR) is 91.7 cm³/mol. The van der Waals surface area contributed by atoms with Crippen LogP contribution in [-0.4, -0.2) is 12.1 Å². The molecule has 0 heterocycles. The van der Waals surface area contributed by atoms with Crippen LogP contribution < -0.4 is 11.6 Å². The van der Waals surface area contributed by atoms with Crippen LogP contribution in [0.1, 0.15) is 12.5 Å². The lowest BCUT2D eigenvalue weighted by Gasteiger charge is -2.23. The molecule has 3 heteroatoms. The maximum Gasteiger partial charge on any atom is 0.0667 e. The summed E-state index contributed by atoms with van der Waals surface area (Å²) in [6.45, 7) is 9.78. The van der Waals surface area contributed by atoms with Gasteiger partial charge in [0.25, 0.3) is 0 Å². The van der Waals surface area contributed by atoms with E-state index in [0.29, 0.717) is 0 Å². The quantitative estimate of drug-likeness (QED) is 0.477. The minimum Gasteiger partial charge on any atom is -0.405 e. The predicted octanol–water partition coefficient (Wildman–Crippen LogP) is 3.36. The zero-order valence-corrected chi connectivity index (χ0v) is 12.7. The number of rotatable bonds is 6. The molecule has 0 saturated heterocycles. The molecule has 110 valence electrons. The molecular formula is C18H23N3. The van der Waals surface area contributed by atoms with Crippen molar-refractivity contribution in [3.63, 3.8) is 0 Å². The van der Waals surface area contributed by atoms with E-state index < -0.39 is 0 Å². The summed E-state index contributed by atoms with van der Waals surface area (Å²) < 4.78 is 0. The van der Waals surface area contributed by atoms with Crippen LogP contribution in [0.2, 0.25) is 0 Å². The maximum atomic E-state index is 6.06. The van der Waals surface area contributed by atoms with E-state index in [-0.39, 0.29) is 0 Å². The molecule has 0 aliphatic heterocycles. The molecule has 0 saturated carbocycles. The van der Waals surface area contributed by atoms with Gasteiger partial charge in [0.1, 0.15) is 0 Å². The first-order valence-corrected chi connectivity index (χ1v) is 6.68. The Kier molecular flexibility index (Phi) is 6.24. The third-order valence-electron chi connectivity index (χ3n) is 2.93. The highest BCUT2D eigenvalue weighted by molar-refractivity contribution is 5.76. The largest absolute Gasteiger partial charge is 0.405 e. The molecule has 0 amide bonds. The monoisotopic (exact) mass is 281 g/mol. The van der Waals surface area contributed by atoms with Gasteiger partial charge in [0, 0.05) is 12.6 Å². The second-order valence-corrected chi connectivity index (χ2v) is 4.70. The van der Waals surface area contributed by atoms with Crippen molar-refractivity contribution in [2.24, 2.45) is 11.6 Å². The van der Waals surface area contributed by atoms with Crippen molar-refractivity contribution in [2.75, 3.05) is 7.05 Å². The Morgan fingerprint density at radius 1 is 1.24 bits per heavy atom. The van der Waals surface area contributed by atoms with Gasteiger partial charge in [0.2, 0.25) is 0 Å². The lowest BCUT2D eigenvalue weighted by molar-refractivity contribution is 0.508. The van der Waals surface area contributed by atoms with E-state index in [1.54, 1.807) is 11.1 Å². The Labute approximate surface area is 127 Å². The van der Waals surface area contributed by atoms with E-state index in [2.05, 4.69) is 13.2 Å². The summed E-state index contributed by atoms with van der Waals surface area (Å²) in [4.78, 5) is 0. The minimum atomic E-state index is 0.884. The first kappa shape index (κ1) is 16.5. The molecule has 0 atom stereocenters. The highest BCUT2D eigenvalue weighted by Gasteiger charge is 2.15. The number of hydrogen-bond donors (Lipinski definition) is 2. The average Bonchev–Trinajstić information content (AvgIpc) is 2.44. The van der Waals surface area contributed by atoms with Gasteiger partial charge in [-0.15, -0.1) is 0 Å². The van der Waals surface area contributed by atoms with Crippen molar-refractivity contribution in [2.45, 2.75) is 6.92 Å². The molecular weight excluding hydrogens is 258 g/mol. The van der Waals surface area contributed by atoms with Crippen molar-refractivity contribution in [3.8, 4) is 0 Å². The summed E-state index contributed by atoms with van der Waals surface area (Å²) in [7, 11) is 1.81. The molecule has 3 nitrogen and oxygen atoms in total. The van der Waals surface area contributed by atoms with E-state index in [1.807, 2.05) is 56.5 Å². The third kappa shape index (κ3) is 4.23. The molecule has 1 rings (SSSR count). The van der Waals surface area contributed by atoms with E-state index in [0.717, 1.165) is 28.0 Å². The van der Waals surface area contributed by atoms with Gasteiger partial charge >= 0.3 is 0 Å². The van der Waals surface area contributed by atoms with Crippen LogP contribution in [0.3, 0.4) is 0 Å². The summed E-state index contributed by atoms with van der Waals surface area (Å²) in [6.07, 6.45) is 6.92. The Hall–Kier alpha value is -2.52. The fourth-order valence-electron chi connectivity index (χ4n) is 2.16. The van der Waals surface area contributed by atoms with Crippen molar-refractivity contribution in [1.82, 2.24) is 5.01 Å². The van der Waals surface area contributed by atoms with Crippen molar-refractivity contribution in [1.29, 1.82) is 0 Å². The molecule has 0 aliphatic carbocycles. The van der Waals surface area contributed by atoms with E-state index >= 15 is 0 Å². The van der Waals surface area contributed by atoms with E-state index in [4.69, 9.17) is 11.6 Å². The lowest BCUT2D eigenvalue weighted by atomic mass is 9.93. The number of hydrogen-bond acceptors (Lipinski definition) is 3. The molecule has 0 radical (unpaired) electrons. The van der Waals surface area contributed by atoms with Crippen LogP contribution in [0, 0.1) is 0 Å². The average molecular weight is 281 g/mol. The molecule has 1 aromatic rings. The van der Waals surface area contributed by atoms with Crippen LogP contribution in [0.5, 0.6) is 0 Å². The van der Waals surface area contributed by atoms with Crippen LogP contribution in [-0.2, 0) is 0 Å². The number of nitrogens with two attached hydrogens (primary N) is 2. The summed E-state index contributed by atoms with van der Waals surface area (Å²) in [6, 6.07) is 9.95. The normalized spacial score (nSPS) is 13.0. The molecule has 0 bridgehead atoms. The van der Waals surface area contributed by atoms with Crippen molar-refractivity contribution in [3.05, 3.63) is 90.2 Å². The van der Waals surface area contributed by atoms with Crippen LogP contribution >= 0.6 is 0 Å². The standard InChI is InChI=1S/C18H23N3/c1-5-9-15(12-13-19)17(14(2)3)18(21(4)20)16-10-7-6-8-11-16/h5-13H,1-2,19-20H2,3-4H3/b13-12-,15-9+,18-17+. The molecule has 0 fully saturated rings. The fourth-order valence-corrected chi connectivity index (χ4v) is 2.16. The highest BCUT2D eigenvalue weighted by Crippen LogP contribution is 2.30. The van der Waals surface area contributed by atoms with Crippen LogP contribution in [0.15, 0.2) is 84.6 Å². The van der Waals surface area contributed by atoms with Gasteiger partial charge in [-0.1, -0.05) is 55.6 Å². The lowest BCUT2D eigenvalue weighted by Crippen LogP contribution is -2.26. The first-order valence-electron chi connectivity index (χ1n) is 6.68. The van der Waals surface area contributed by atoms with Gasteiger partial charge < -0.3 is 10.7 Å². The van der Waals surface area contributed by atoms with Crippen molar-refractivity contribution < 1.29 is 0 Å². The molecule has 0 aliphatic rings. The van der Waals surface area contributed by atoms with Gasteiger partial charge in [-0.2, -0.15) is 0 Å². The topological polar surface area (TPSA) is 55.3 Å². The van der Waals surface area contributed by atoms with Crippen molar-refractivity contribution >= 4 is 5.70 Å². The van der Waals surface area contributed by atoms with Gasteiger partial charge in [0.05, 0.1) is 5.70 Å². The highest BCUT2D eigenvalue weighted by atomic mass is 15.4. The Morgan fingerprint density at radius 3 is 2.29 bits per heavy atom. The third-order valence-corrected chi connectivity index (χ3v) is 2.93. The Bertz CT molecular complexity index is 590. The molecule has 21 heavy (non-hydrogen) atoms. The minimum absolute atomic E-state index is 0.884. The van der Waals surface area contributed by atoms with Crippen LogP contribution in [0.25, 0.3) is 5.70 Å². The van der Waals surface area contributed by atoms with E-state index in [1.165, 1.54) is 6.20 Å². The van der Waals surface area contributed by atoms with Gasteiger partial charge in [0.15, 0.2) is 0 Å².